The lowest BCUT2D eigenvalue weighted by Crippen LogP contribution is -2.50. The lowest BCUT2D eigenvalue weighted by Gasteiger charge is -2.33. The highest BCUT2D eigenvalue weighted by molar-refractivity contribution is 7.89. The lowest BCUT2D eigenvalue weighted by atomic mass is 10.3. The number of amides is 1. The van der Waals surface area contributed by atoms with E-state index in [0.717, 1.165) is 24.3 Å². The number of halogens is 4. The third-order valence-electron chi connectivity index (χ3n) is 4.10. The van der Waals surface area contributed by atoms with E-state index >= 15 is 0 Å². The number of carbonyl (C=O) groups is 1. The number of hydrogen-bond donors (Lipinski definition) is 1. The van der Waals surface area contributed by atoms with Crippen LogP contribution < -0.4 is 4.74 Å². The number of nitrogens with one attached hydrogen (secondary N) is 1. The van der Waals surface area contributed by atoms with Gasteiger partial charge in [0.25, 0.3) is 5.91 Å². The molecule has 1 amide bonds. The number of ether oxygens (including phenoxy) is 1. The fraction of sp³-hybridized carbons (Fsp3) is 0.312. The summed E-state index contributed by atoms with van der Waals surface area (Å²) in [6.07, 6.45) is -3.38. The molecular weight excluding hydrogens is 423 g/mol. The van der Waals surface area contributed by atoms with Crippen molar-refractivity contribution >= 4 is 27.5 Å². The van der Waals surface area contributed by atoms with Crippen LogP contribution in [-0.4, -0.2) is 61.1 Å². The second kappa shape index (κ2) is 7.64. The Balaban J connectivity index is 1.65. The highest BCUT2D eigenvalue weighted by Gasteiger charge is 2.33. The maximum Gasteiger partial charge on any atom is 0.573 e. The van der Waals surface area contributed by atoms with Crippen molar-refractivity contribution < 1.29 is 31.1 Å². The van der Waals surface area contributed by atoms with Gasteiger partial charge in [0.2, 0.25) is 10.0 Å². The Hall–Kier alpha value is -2.24. The summed E-state index contributed by atoms with van der Waals surface area (Å²) in [7, 11) is -3.90. The molecule has 2 aromatic rings. The minimum absolute atomic E-state index is 0.0588. The van der Waals surface area contributed by atoms with Gasteiger partial charge in [0.15, 0.2) is 0 Å². The maximum absolute atomic E-state index is 12.7. The van der Waals surface area contributed by atoms with Crippen molar-refractivity contribution in [1.82, 2.24) is 14.2 Å². The number of aromatic amines is 1. The number of benzene rings is 1. The van der Waals surface area contributed by atoms with Crippen LogP contribution in [0.25, 0.3) is 0 Å². The first kappa shape index (κ1) is 20.5. The summed E-state index contributed by atoms with van der Waals surface area (Å²) in [5.41, 5.74) is 0.307. The average Bonchev–Trinajstić information content (AvgIpc) is 3.07. The van der Waals surface area contributed by atoms with Crippen LogP contribution in [0.15, 0.2) is 41.4 Å². The molecule has 0 bridgehead atoms. The molecule has 0 aliphatic carbocycles. The molecule has 0 spiro atoms. The first-order chi connectivity index (χ1) is 13.1. The zero-order valence-electron chi connectivity index (χ0n) is 14.2. The fourth-order valence-electron chi connectivity index (χ4n) is 2.76. The van der Waals surface area contributed by atoms with Crippen molar-refractivity contribution in [2.45, 2.75) is 11.3 Å². The summed E-state index contributed by atoms with van der Waals surface area (Å²) in [5, 5.41) is 0.391. The van der Waals surface area contributed by atoms with Crippen molar-refractivity contribution in [2.75, 3.05) is 26.2 Å². The molecule has 1 saturated heterocycles. The van der Waals surface area contributed by atoms with Crippen LogP contribution in [0.2, 0.25) is 5.02 Å². The molecule has 1 aromatic carbocycles. The average molecular weight is 438 g/mol. The van der Waals surface area contributed by atoms with Gasteiger partial charge in [0.1, 0.15) is 11.4 Å². The van der Waals surface area contributed by atoms with E-state index in [2.05, 4.69) is 9.72 Å². The predicted octanol–water partition coefficient (Wildman–Crippen LogP) is 2.71. The summed E-state index contributed by atoms with van der Waals surface area (Å²) in [5.74, 6) is -0.802. The number of aromatic nitrogens is 1. The van der Waals surface area contributed by atoms with Gasteiger partial charge in [-0.15, -0.1) is 13.2 Å². The smallest absolute Gasteiger partial charge is 0.406 e. The van der Waals surface area contributed by atoms with Crippen LogP contribution in [0.5, 0.6) is 5.75 Å². The molecule has 7 nitrogen and oxygen atoms in total. The van der Waals surface area contributed by atoms with Gasteiger partial charge in [-0.1, -0.05) is 11.6 Å². The molecule has 12 heteroatoms. The van der Waals surface area contributed by atoms with E-state index in [1.165, 1.54) is 21.5 Å². The van der Waals surface area contributed by atoms with Gasteiger partial charge in [-0.2, -0.15) is 4.31 Å². The summed E-state index contributed by atoms with van der Waals surface area (Å²) >= 11 is 5.78. The molecule has 0 saturated carbocycles. The third-order valence-corrected chi connectivity index (χ3v) is 6.23. The molecule has 0 radical (unpaired) electrons. The van der Waals surface area contributed by atoms with Crippen molar-refractivity contribution in [3.63, 3.8) is 0 Å². The SMILES string of the molecule is O=C(c1cc(Cl)c[nH]1)N1CCN(S(=O)(=O)c2ccc(OC(F)(F)F)cc2)CC1. The third kappa shape index (κ3) is 4.59. The van der Waals surface area contributed by atoms with Crippen LogP contribution in [0.4, 0.5) is 13.2 Å². The molecule has 0 unspecified atom stereocenters. The Labute approximate surface area is 163 Å². The molecule has 2 heterocycles. The van der Waals surface area contributed by atoms with E-state index in [1.807, 2.05) is 0 Å². The summed E-state index contributed by atoms with van der Waals surface area (Å²) in [4.78, 5) is 16.4. The predicted molar refractivity (Wildman–Crippen MR) is 93.6 cm³/mol. The van der Waals surface area contributed by atoms with Gasteiger partial charge >= 0.3 is 6.36 Å². The Morgan fingerprint density at radius 1 is 1.11 bits per heavy atom. The topological polar surface area (TPSA) is 82.7 Å². The molecule has 3 rings (SSSR count). The molecule has 1 fully saturated rings. The van der Waals surface area contributed by atoms with Crippen molar-refractivity contribution in [1.29, 1.82) is 0 Å². The normalized spacial score (nSPS) is 16.2. The minimum atomic E-state index is -4.85. The number of sulfonamides is 1. The Morgan fingerprint density at radius 3 is 2.21 bits per heavy atom. The molecule has 152 valence electrons. The molecular formula is C16H15ClF3N3O4S. The van der Waals surface area contributed by atoms with Crippen LogP contribution in [0, 0.1) is 0 Å². The number of alkyl halides is 3. The highest BCUT2D eigenvalue weighted by Crippen LogP contribution is 2.25. The number of hydrogen-bond acceptors (Lipinski definition) is 4. The number of carbonyl (C=O) groups excluding carboxylic acids is 1. The number of piperazine rings is 1. The van der Waals surface area contributed by atoms with E-state index in [-0.39, 0.29) is 37.0 Å². The molecule has 1 N–H and O–H groups in total. The van der Waals surface area contributed by atoms with Crippen molar-refractivity contribution in [3.8, 4) is 5.75 Å². The quantitative estimate of drug-likeness (QED) is 0.797. The van der Waals surface area contributed by atoms with Gasteiger partial charge in [-0.25, -0.2) is 8.42 Å². The molecule has 1 aromatic heterocycles. The van der Waals surface area contributed by atoms with Crippen molar-refractivity contribution in [2.24, 2.45) is 0 Å². The second-order valence-corrected chi connectivity index (χ2v) is 8.32. The van der Waals surface area contributed by atoms with E-state index in [9.17, 15) is 26.4 Å². The fourth-order valence-corrected chi connectivity index (χ4v) is 4.34. The second-order valence-electron chi connectivity index (χ2n) is 5.95. The van der Waals surface area contributed by atoms with Crippen LogP contribution >= 0.6 is 11.6 Å². The zero-order valence-corrected chi connectivity index (χ0v) is 15.8. The van der Waals surface area contributed by atoms with Gasteiger partial charge in [0.05, 0.1) is 9.92 Å². The molecule has 1 aliphatic rings. The molecule has 0 atom stereocenters. The van der Waals surface area contributed by atoms with E-state index < -0.39 is 22.1 Å². The Kier molecular flexibility index (Phi) is 5.60. The van der Waals surface area contributed by atoms with E-state index in [1.54, 1.807) is 0 Å². The summed E-state index contributed by atoms with van der Waals surface area (Å²) < 4.78 is 66.9. The van der Waals surface area contributed by atoms with Gasteiger partial charge in [0, 0.05) is 32.4 Å². The van der Waals surface area contributed by atoms with Crippen molar-refractivity contribution in [3.05, 3.63) is 47.2 Å². The molecule has 1 aliphatic heterocycles. The maximum atomic E-state index is 12.7. The van der Waals surface area contributed by atoms with Gasteiger partial charge in [-0.05, 0) is 30.3 Å². The number of H-pyrrole nitrogens is 1. The first-order valence-electron chi connectivity index (χ1n) is 8.05. The molecule has 28 heavy (non-hydrogen) atoms. The highest BCUT2D eigenvalue weighted by atomic mass is 35.5. The Bertz CT molecular complexity index is 952. The minimum Gasteiger partial charge on any atom is -0.406 e. The van der Waals surface area contributed by atoms with E-state index in [0.29, 0.717) is 10.7 Å². The van der Waals surface area contributed by atoms with Gasteiger partial charge in [-0.3, -0.25) is 4.79 Å². The van der Waals surface area contributed by atoms with Gasteiger partial charge < -0.3 is 14.6 Å². The summed E-state index contributed by atoms with van der Waals surface area (Å²) in [6, 6.07) is 5.46. The monoisotopic (exact) mass is 437 g/mol. The largest absolute Gasteiger partial charge is 0.573 e. The standard InChI is InChI=1S/C16H15ClF3N3O4S/c17-11-9-14(21-10-11)15(24)22-5-7-23(8-6-22)28(25,26)13-3-1-12(2-4-13)27-16(18,19)20/h1-4,9-10,21H,5-8H2. The number of rotatable bonds is 4. The lowest BCUT2D eigenvalue weighted by molar-refractivity contribution is -0.274. The summed E-state index contributed by atoms with van der Waals surface area (Å²) in [6.45, 7) is 0.459. The zero-order chi connectivity index (χ0) is 20.5. The van der Waals surface area contributed by atoms with Crippen LogP contribution in [0.3, 0.4) is 0 Å². The number of nitrogens with zero attached hydrogens (tertiary/aromatic N) is 2. The van der Waals surface area contributed by atoms with E-state index in [4.69, 9.17) is 11.6 Å². The van der Waals surface area contributed by atoms with Crippen LogP contribution in [0.1, 0.15) is 10.5 Å². The van der Waals surface area contributed by atoms with Crippen LogP contribution in [-0.2, 0) is 10.0 Å². The Morgan fingerprint density at radius 2 is 1.71 bits per heavy atom. The first-order valence-corrected chi connectivity index (χ1v) is 9.87.